The number of nitrogens with one attached hydrogen (secondary N) is 2. The second-order valence-electron chi connectivity index (χ2n) is 13.6. The lowest BCUT2D eigenvalue weighted by Crippen LogP contribution is -2.60. The molecule has 2 amide bonds. The van der Waals surface area contributed by atoms with Gasteiger partial charge in [-0.2, -0.15) is 0 Å². The van der Waals surface area contributed by atoms with Crippen LogP contribution in [0.25, 0.3) is 0 Å². The Morgan fingerprint density at radius 3 is 2.31 bits per heavy atom. The van der Waals surface area contributed by atoms with E-state index in [-0.39, 0.29) is 36.3 Å². The molecule has 42 heavy (non-hydrogen) atoms. The third kappa shape index (κ3) is 5.97. The number of urea groups is 1. The number of carbonyl (C=O) groups excluding carboxylic acids is 1. The van der Waals surface area contributed by atoms with Crippen molar-refractivity contribution < 1.29 is 24.1 Å². The van der Waals surface area contributed by atoms with Crippen LogP contribution in [-0.4, -0.2) is 60.5 Å². The number of rotatable bonds is 7. The first-order chi connectivity index (χ1) is 20.4. The summed E-state index contributed by atoms with van der Waals surface area (Å²) in [7, 11) is 0. The number of morpholine rings is 1. The van der Waals surface area contributed by atoms with Crippen LogP contribution in [0.5, 0.6) is 0 Å². The zero-order chi connectivity index (χ0) is 28.7. The molecule has 2 saturated heterocycles. The van der Waals surface area contributed by atoms with Gasteiger partial charge in [-0.25, -0.2) is 4.79 Å². The molecular formula is C34H45N3O5. The lowest BCUT2D eigenvalue weighted by molar-refractivity contribution is -0.277. The van der Waals surface area contributed by atoms with E-state index in [4.69, 9.17) is 14.2 Å². The second-order valence-corrected chi connectivity index (χ2v) is 13.6. The highest BCUT2D eigenvalue weighted by molar-refractivity contribution is 5.89. The molecule has 6 aliphatic rings. The summed E-state index contributed by atoms with van der Waals surface area (Å²) in [5.74, 6) is 2.46. The van der Waals surface area contributed by atoms with E-state index in [1.807, 2.05) is 48.5 Å². The molecule has 4 atom stereocenters. The number of hydrogen-bond donors (Lipinski definition) is 3. The summed E-state index contributed by atoms with van der Waals surface area (Å²) in [4.78, 5) is 15.7. The lowest BCUT2D eigenvalue weighted by atomic mass is 9.53. The smallest absolute Gasteiger partial charge is 0.319 e. The van der Waals surface area contributed by atoms with Crippen LogP contribution in [0, 0.1) is 23.7 Å². The number of anilines is 1. The average molecular weight is 576 g/mol. The van der Waals surface area contributed by atoms with Gasteiger partial charge < -0.3 is 30.0 Å². The van der Waals surface area contributed by atoms with Gasteiger partial charge in [-0.1, -0.05) is 43.3 Å². The molecule has 8 rings (SSSR count). The minimum absolute atomic E-state index is 0.0168. The maximum atomic E-state index is 13.3. The van der Waals surface area contributed by atoms with E-state index in [2.05, 4.69) is 22.5 Å². The summed E-state index contributed by atoms with van der Waals surface area (Å²) in [5, 5.41) is 16.1. The van der Waals surface area contributed by atoms with E-state index in [1.165, 1.54) is 19.3 Å². The number of benzene rings is 2. The summed E-state index contributed by atoms with van der Waals surface area (Å²) in [6, 6.07) is 15.8. The Morgan fingerprint density at radius 2 is 1.64 bits per heavy atom. The number of aliphatic hydroxyl groups is 1. The highest BCUT2D eigenvalue weighted by Crippen LogP contribution is 2.55. The molecule has 0 spiro atoms. The normalized spacial score (nSPS) is 36.1. The predicted octanol–water partition coefficient (Wildman–Crippen LogP) is 5.39. The number of carbonyl (C=O) groups is 1. The molecule has 2 aliphatic heterocycles. The third-order valence-corrected chi connectivity index (χ3v) is 10.5. The van der Waals surface area contributed by atoms with Crippen molar-refractivity contribution in [3.8, 4) is 0 Å². The molecule has 2 heterocycles. The second kappa shape index (κ2) is 11.9. The Hall–Kier alpha value is -2.49. The highest BCUT2D eigenvalue weighted by atomic mass is 16.7. The number of nitrogens with zero attached hydrogens (tertiary/aromatic N) is 1. The van der Waals surface area contributed by atoms with Crippen LogP contribution in [0.4, 0.5) is 10.5 Å². The van der Waals surface area contributed by atoms with Crippen LogP contribution in [-0.2, 0) is 20.8 Å². The van der Waals surface area contributed by atoms with Gasteiger partial charge in [0.25, 0.3) is 0 Å². The standard InChI is InChI=1S/C34H45N3O5/c1-22-30(20-37-9-11-40-12-10-37)41-32(42-31(22)27-7-5-23(21-38)6-8-27)28-3-2-4-29(16-28)35-33(39)36-34-17-24-13-25(18-34)15-26(14-24)19-34/h2-8,16,22,24-26,30-32,38H,9-15,17-21H2,1H3,(H2,35,36,39)/t22-,24?,25?,26?,30+,31+,32+,34?/m0/s1. The summed E-state index contributed by atoms with van der Waals surface area (Å²) in [6.07, 6.45) is 6.65. The first-order valence-corrected chi connectivity index (χ1v) is 15.9. The molecule has 8 heteroatoms. The molecule has 4 bridgehead atoms. The van der Waals surface area contributed by atoms with Gasteiger partial charge in [0.15, 0.2) is 6.29 Å². The van der Waals surface area contributed by atoms with Crippen molar-refractivity contribution in [2.75, 3.05) is 38.2 Å². The molecule has 0 aromatic heterocycles. The van der Waals surface area contributed by atoms with E-state index < -0.39 is 6.29 Å². The minimum Gasteiger partial charge on any atom is -0.392 e. The van der Waals surface area contributed by atoms with Gasteiger partial charge in [0, 0.05) is 42.3 Å². The molecule has 2 aromatic rings. The quantitative estimate of drug-likeness (QED) is 0.410. The van der Waals surface area contributed by atoms with Crippen LogP contribution in [0.2, 0.25) is 0 Å². The predicted molar refractivity (Wildman–Crippen MR) is 160 cm³/mol. The Labute approximate surface area is 249 Å². The van der Waals surface area contributed by atoms with Crippen molar-refractivity contribution in [1.82, 2.24) is 10.2 Å². The van der Waals surface area contributed by atoms with E-state index in [9.17, 15) is 9.90 Å². The fourth-order valence-electron chi connectivity index (χ4n) is 8.80. The zero-order valence-corrected chi connectivity index (χ0v) is 24.7. The Bertz CT molecular complexity index is 1210. The summed E-state index contributed by atoms with van der Waals surface area (Å²) in [6.45, 7) is 6.29. The van der Waals surface area contributed by atoms with Crippen LogP contribution < -0.4 is 10.6 Å². The maximum absolute atomic E-state index is 13.3. The number of amides is 2. The van der Waals surface area contributed by atoms with Gasteiger partial charge in [0.2, 0.25) is 0 Å². The molecule has 0 radical (unpaired) electrons. The molecule has 0 unspecified atom stereocenters. The third-order valence-electron chi connectivity index (χ3n) is 10.5. The van der Waals surface area contributed by atoms with E-state index in [1.54, 1.807) is 0 Å². The van der Waals surface area contributed by atoms with Gasteiger partial charge in [-0.05, 0) is 79.5 Å². The lowest BCUT2D eigenvalue weighted by Gasteiger charge is -2.56. The van der Waals surface area contributed by atoms with Gasteiger partial charge in [-0.15, -0.1) is 0 Å². The maximum Gasteiger partial charge on any atom is 0.319 e. The average Bonchev–Trinajstić information content (AvgIpc) is 2.98. The minimum atomic E-state index is -0.567. The molecule has 3 N–H and O–H groups in total. The molecule has 4 saturated carbocycles. The highest BCUT2D eigenvalue weighted by Gasteiger charge is 2.51. The monoisotopic (exact) mass is 575 g/mol. The number of ether oxygens (including phenoxy) is 3. The fourth-order valence-corrected chi connectivity index (χ4v) is 8.80. The van der Waals surface area contributed by atoms with Crippen molar-refractivity contribution in [1.29, 1.82) is 0 Å². The molecule has 2 aromatic carbocycles. The fraction of sp³-hybridized carbons (Fsp3) is 0.618. The Balaban J connectivity index is 1.07. The van der Waals surface area contributed by atoms with Gasteiger partial charge >= 0.3 is 6.03 Å². The molecule has 6 fully saturated rings. The largest absolute Gasteiger partial charge is 0.392 e. The van der Waals surface area contributed by atoms with Crippen molar-refractivity contribution in [2.24, 2.45) is 23.7 Å². The topological polar surface area (TPSA) is 92.3 Å². The molecular weight excluding hydrogens is 530 g/mol. The van der Waals surface area contributed by atoms with Crippen molar-refractivity contribution in [3.63, 3.8) is 0 Å². The number of aliphatic hydroxyl groups excluding tert-OH is 1. The Morgan fingerprint density at radius 1 is 0.952 bits per heavy atom. The van der Waals surface area contributed by atoms with Crippen LogP contribution in [0.3, 0.4) is 0 Å². The van der Waals surface area contributed by atoms with Crippen LogP contribution in [0.15, 0.2) is 48.5 Å². The summed E-state index contributed by atoms with van der Waals surface area (Å²) >= 11 is 0. The first-order valence-electron chi connectivity index (χ1n) is 15.9. The number of hydrogen-bond acceptors (Lipinski definition) is 6. The van der Waals surface area contributed by atoms with Crippen LogP contribution >= 0.6 is 0 Å². The summed E-state index contributed by atoms with van der Waals surface area (Å²) in [5.41, 5.74) is 3.55. The van der Waals surface area contributed by atoms with E-state index in [0.29, 0.717) is 0 Å². The van der Waals surface area contributed by atoms with Crippen LogP contribution in [0.1, 0.15) is 74.5 Å². The summed E-state index contributed by atoms with van der Waals surface area (Å²) < 4.78 is 18.9. The molecule has 4 aliphatic carbocycles. The molecule has 226 valence electrons. The van der Waals surface area contributed by atoms with Crippen molar-refractivity contribution in [2.45, 2.75) is 76.1 Å². The van der Waals surface area contributed by atoms with Gasteiger partial charge in [0.05, 0.1) is 32.0 Å². The SMILES string of the molecule is C[C@H]1[C@@H](CN2CCOCC2)O[C@@H](c2cccc(NC(=O)NC34CC5CC(CC(C5)C3)C4)c2)O[C@H]1c1ccc(CO)cc1. The van der Waals surface area contributed by atoms with Crippen molar-refractivity contribution >= 4 is 11.7 Å². The van der Waals surface area contributed by atoms with Gasteiger partial charge in [-0.3, -0.25) is 4.90 Å². The Kier molecular flexibility index (Phi) is 8.01. The molecule has 8 nitrogen and oxygen atoms in total. The zero-order valence-electron chi connectivity index (χ0n) is 24.7. The first kappa shape index (κ1) is 28.3. The van der Waals surface area contributed by atoms with Gasteiger partial charge in [0.1, 0.15) is 0 Å². The van der Waals surface area contributed by atoms with E-state index in [0.717, 1.165) is 92.2 Å². The van der Waals surface area contributed by atoms with Crippen molar-refractivity contribution in [3.05, 3.63) is 65.2 Å². The van der Waals surface area contributed by atoms with E-state index >= 15 is 0 Å².